The molecule has 2 aromatic carbocycles. The number of carbonyl (C=O) groups is 1. The molecule has 0 aliphatic carbocycles. The third kappa shape index (κ3) is 4.66. The topological polar surface area (TPSA) is 53.7 Å². The van der Waals surface area contributed by atoms with E-state index in [1.165, 1.54) is 42.6 Å². The molecule has 0 N–H and O–H groups in total. The summed E-state index contributed by atoms with van der Waals surface area (Å²) in [4.78, 5) is 21.3. The van der Waals surface area contributed by atoms with Gasteiger partial charge in [0.1, 0.15) is 22.9 Å². The molecule has 0 unspecified atom stereocenters. The maximum atomic E-state index is 14.1. The van der Waals surface area contributed by atoms with Gasteiger partial charge in [-0.2, -0.15) is 5.10 Å². The molecule has 4 aromatic rings. The molecule has 1 saturated heterocycles. The van der Waals surface area contributed by atoms with Crippen LogP contribution in [-0.4, -0.2) is 56.5 Å². The summed E-state index contributed by atoms with van der Waals surface area (Å²) in [6.45, 7) is 1.96. The lowest BCUT2D eigenvalue weighted by molar-refractivity contribution is 0.0628. The summed E-state index contributed by atoms with van der Waals surface area (Å²) in [6.07, 6.45) is -1.64. The monoisotopic (exact) mass is 517 g/mol. The van der Waals surface area contributed by atoms with Crippen LogP contribution in [0.2, 0.25) is 5.02 Å². The minimum atomic E-state index is -2.87. The molecule has 5 rings (SSSR count). The van der Waals surface area contributed by atoms with E-state index < -0.39 is 23.8 Å². The molecule has 3 heterocycles. The lowest BCUT2D eigenvalue weighted by Gasteiger charge is -2.34. The number of piperazine rings is 1. The van der Waals surface area contributed by atoms with Crippen LogP contribution >= 0.6 is 11.6 Å². The van der Waals surface area contributed by atoms with E-state index in [0.717, 1.165) is 4.52 Å². The Morgan fingerprint density at radius 2 is 1.75 bits per heavy atom. The van der Waals surface area contributed by atoms with Gasteiger partial charge in [0.15, 0.2) is 5.65 Å². The van der Waals surface area contributed by atoms with Gasteiger partial charge in [-0.3, -0.25) is 9.69 Å². The predicted molar refractivity (Wildman–Crippen MR) is 126 cm³/mol. The van der Waals surface area contributed by atoms with E-state index in [1.54, 1.807) is 17.0 Å². The second kappa shape index (κ2) is 9.87. The zero-order valence-corrected chi connectivity index (χ0v) is 19.6. The average molecular weight is 518 g/mol. The van der Waals surface area contributed by atoms with Crippen LogP contribution in [0, 0.1) is 11.6 Å². The lowest BCUT2D eigenvalue weighted by atomic mass is 10.1. The van der Waals surface area contributed by atoms with Gasteiger partial charge in [-0.05, 0) is 42.5 Å². The second-order valence-electron chi connectivity index (χ2n) is 8.44. The molecule has 0 spiro atoms. The molecule has 0 radical (unpaired) electrons. The third-order valence-corrected chi connectivity index (χ3v) is 6.55. The van der Waals surface area contributed by atoms with Crippen LogP contribution in [0.3, 0.4) is 0 Å². The molecule has 0 saturated carbocycles. The highest BCUT2D eigenvalue weighted by molar-refractivity contribution is 6.31. The van der Waals surface area contributed by atoms with Crippen molar-refractivity contribution in [3.8, 4) is 11.3 Å². The van der Waals surface area contributed by atoms with Gasteiger partial charge in [-0.25, -0.2) is 27.1 Å². The number of amides is 1. The normalized spacial score (nSPS) is 14.7. The van der Waals surface area contributed by atoms with Crippen LogP contribution in [-0.2, 0) is 6.54 Å². The Balaban J connectivity index is 1.39. The van der Waals surface area contributed by atoms with Crippen LogP contribution in [0.25, 0.3) is 16.9 Å². The summed E-state index contributed by atoms with van der Waals surface area (Å²) >= 11 is 6.13. The van der Waals surface area contributed by atoms with E-state index in [-0.39, 0.29) is 22.7 Å². The molecule has 1 aliphatic rings. The molecule has 0 atom stereocenters. The number of carbonyl (C=O) groups excluding carboxylic acids is 1. The summed E-state index contributed by atoms with van der Waals surface area (Å²) in [7, 11) is 0. The lowest BCUT2D eigenvalue weighted by Crippen LogP contribution is -2.48. The summed E-state index contributed by atoms with van der Waals surface area (Å²) in [5.41, 5.74) is 0.674. The Bertz CT molecular complexity index is 1400. The smallest absolute Gasteiger partial charge is 0.280 e. The highest BCUT2D eigenvalue weighted by atomic mass is 35.5. The summed E-state index contributed by atoms with van der Waals surface area (Å²) < 4.78 is 56.1. The molecular formula is C25H20ClF4N5O. The van der Waals surface area contributed by atoms with Crippen molar-refractivity contribution in [2.24, 2.45) is 0 Å². The average Bonchev–Trinajstić information content (AvgIpc) is 3.30. The number of hydrogen-bond acceptors (Lipinski definition) is 4. The standard InChI is InChI=1S/C25H20ClF4N5O/c26-19-2-1-3-20(28)18(19)14-33-8-10-34(11-9-33)25(36)17-13-31-35-22(23(29)30)12-21(32-24(17)35)15-4-6-16(27)7-5-15/h1-7,12-13,23H,8-11,14H2. The molecule has 1 amide bonds. The fraction of sp³-hybridized carbons (Fsp3) is 0.240. The van der Waals surface area contributed by atoms with E-state index in [9.17, 15) is 22.4 Å². The largest absolute Gasteiger partial charge is 0.336 e. The van der Waals surface area contributed by atoms with Crippen molar-refractivity contribution in [1.29, 1.82) is 0 Å². The molecule has 36 heavy (non-hydrogen) atoms. The molecule has 186 valence electrons. The van der Waals surface area contributed by atoms with E-state index in [2.05, 4.69) is 10.1 Å². The van der Waals surface area contributed by atoms with Crippen LogP contribution in [0.5, 0.6) is 0 Å². The quantitative estimate of drug-likeness (QED) is 0.340. The fourth-order valence-electron chi connectivity index (χ4n) is 4.25. The van der Waals surface area contributed by atoms with Crippen LogP contribution in [0.1, 0.15) is 28.0 Å². The van der Waals surface area contributed by atoms with Crippen LogP contribution < -0.4 is 0 Å². The molecule has 1 aliphatic heterocycles. The molecule has 6 nitrogen and oxygen atoms in total. The minimum absolute atomic E-state index is 0.00214. The second-order valence-corrected chi connectivity index (χ2v) is 8.84. The molecule has 1 fully saturated rings. The first-order chi connectivity index (χ1) is 17.3. The summed E-state index contributed by atoms with van der Waals surface area (Å²) in [5.74, 6) is -1.24. The number of benzene rings is 2. The molecule has 2 aromatic heterocycles. The first-order valence-electron chi connectivity index (χ1n) is 11.2. The minimum Gasteiger partial charge on any atom is -0.336 e. The van der Waals surface area contributed by atoms with Crippen LogP contribution in [0.4, 0.5) is 17.6 Å². The molecule has 0 bridgehead atoms. The van der Waals surface area contributed by atoms with Crippen molar-refractivity contribution in [3.05, 3.63) is 88.2 Å². The number of aromatic nitrogens is 3. The third-order valence-electron chi connectivity index (χ3n) is 6.20. The Labute approximate surface area is 208 Å². The predicted octanol–water partition coefficient (Wildman–Crippen LogP) is 5.22. The summed E-state index contributed by atoms with van der Waals surface area (Å²) in [5, 5.41) is 4.34. The van der Waals surface area contributed by atoms with Gasteiger partial charge in [0.2, 0.25) is 0 Å². The molecule has 11 heteroatoms. The van der Waals surface area contributed by atoms with Gasteiger partial charge in [0.05, 0.1) is 11.9 Å². The highest BCUT2D eigenvalue weighted by Gasteiger charge is 2.27. The van der Waals surface area contributed by atoms with Crippen molar-refractivity contribution < 1.29 is 22.4 Å². The van der Waals surface area contributed by atoms with Crippen molar-refractivity contribution in [3.63, 3.8) is 0 Å². The summed E-state index contributed by atoms with van der Waals surface area (Å²) in [6, 6.07) is 11.0. The maximum Gasteiger partial charge on any atom is 0.280 e. The zero-order valence-electron chi connectivity index (χ0n) is 18.8. The SMILES string of the molecule is O=C(c1cnn2c(C(F)F)cc(-c3ccc(F)cc3)nc12)N1CCN(Cc2c(F)cccc2Cl)CC1. The zero-order chi connectivity index (χ0) is 25.4. The number of fused-ring (bicyclic) bond motifs is 1. The Morgan fingerprint density at radius 3 is 2.42 bits per heavy atom. The van der Waals surface area contributed by atoms with Gasteiger partial charge < -0.3 is 4.90 Å². The number of halogens is 5. The van der Waals surface area contributed by atoms with Crippen molar-refractivity contribution in [2.45, 2.75) is 13.0 Å². The first kappa shape index (κ1) is 24.2. The number of rotatable bonds is 5. The van der Waals surface area contributed by atoms with Gasteiger partial charge in [-0.15, -0.1) is 0 Å². The van der Waals surface area contributed by atoms with E-state index in [4.69, 9.17) is 11.6 Å². The van der Waals surface area contributed by atoms with Gasteiger partial charge in [0, 0.05) is 48.9 Å². The van der Waals surface area contributed by atoms with E-state index in [0.29, 0.717) is 48.9 Å². The maximum absolute atomic E-state index is 14.1. The fourth-order valence-corrected chi connectivity index (χ4v) is 4.47. The number of nitrogens with zero attached hydrogens (tertiary/aromatic N) is 5. The Morgan fingerprint density at radius 1 is 1.03 bits per heavy atom. The highest BCUT2D eigenvalue weighted by Crippen LogP contribution is 2.28. The first-order valence-corrected chi connectivity index (χ1v) is 11.6. The van der Waals surface area contributed by atoms with Gasteiger partial charge >= 0.3 is 0 Å². The van der Waals surface area contributed by atoms with Crippen LogP contribution in [0.15, 0.2) is 54.7 Å². The Hall–Kier alpha value is -3.50. The van der Waals surface area contributed by atoms with E-state index >= 15 is 0 Å². The van der Waals surface area contributed by atoms with Gasteiger partial charge in [-0.1, -0.05) is 17.7 Å². The molecular weight excluding hydrogens is 498 g/mol. The van der Waals surface area contributed by atoms with Crippen molar-refractivity contribution >= 4 is 23.2 Å². The number of alkyl halides is 2. The van der Waals surface area contributed by atoms with Crippen molar-refractivity contribution in [1.82, 2.24) is 24.4 Å². The van der Waals surface area contributed by atoms with Crippen molar-refractivity contribution in [2.75, 3.05) is 26.2 Å². The number of hydrogen-bond donors (Lipinski definition) is 0. The van der Waals surface area contributed by atoms with Gasteiger partial charge in [0.25, 0.3) is 12.3 Å². The Kier molecular flexibility index (Phi) is 6.63. The van der Waals surface area contributed by atoms with E-state index in [1.807, 2.05) is 4.90 Å².